The Hall–Kier alpha value is -3.87. The second-order valence-electron chi connectivity index (χ2n) is 17.2. The molecule has 0 unspecified atom stereocenters. The van der Waals surface area contributed by atoms with E-state index in [1.54, 1.807) is 21.3 Å². The van der Waals surface area contributed by atoms with Gasteiger partial charge in [-0.1, -0.05) is 68.6 Å². The van der Waals surface area contributed by atoms with Crippen molar-refractivity contribution >= 4 is 60.2 Å². The van der Waals surface area contributed by atoms with Crippen molar-refractivity contribution in [1.82, 2.24) is 14.5 Å². The van der Waals surface area contributed by atoms with Crippen molar-refractivity contribution in [3.63, 3.8) is 0 Å². The number of pyridine rings is 1. The molecule has 0 spiro atoms. The minimum atomic E-state index is -1.89. The summed E-state index contributed by atoms with van der Waals surface area (Å²) in [6.07, 6.45) is 10.5. The van der Waals surface area contributed by atoms with Crippen LogP contribution in [0.3, 0.4) is 0 Å². The second kappa shape index (κ2) is 16.9. The average molecular weight is 991 g/mol. The third-order valence-corrected chi connectivity index (χ3v) is 16.5. The molecule has 0 N–H and O–H groups in total. The standard InChI is InChI=1S/C29H23N2S.C21H28GeN.Ir/c1-29(2,3)20-13-15-21(16-14-20)31-25-10-6-5-9-24(25)30-28(31)19-12-17-23-22-8-4-7-11-26(22)32-27(23)18-19;1-22(2,3)20-16-23-21(18-12-8-5-9-13-18)15-19(20)14-17-10-6-4-7-11-17;/h4-17H,1-3H3;5,8-9,12,15-17H,4,6-7,10-11,14H2,1-3H3;/q2*-1;. The van der Waals surface area contributed by atoms with Gasteiger partial charge >= 0.3 is 144 Å². The summed E-state index contributed by atoms with van der Waals surface area (Å²) in [6, 6.07) is 47.7. The van der Waals surface area contributed by atoms with Crippen LogP contribution < -0.4 is 4.40 Å². The summed E-state index contributed by atoms with van der Waals surface area (Å²) in [6.45, 7) is 6.74. The van der Waals surface area contributed by atoms with E-state index in [0.29, 0.717) is 0 Å². The Morgan fingerprint density at radius 2 is 1.52 bits per heavy atom. The van der Waals surface area contributed by atoms with Crippen LogP contribution in [0.5, 0.6) is 0 Å². The third-order valence-electron chi connectivity index (χ3n) is 11.1. The summed E-state index contributed by atoms with van der Waals surface area (Å²) in [5, 5.41) is 2.55. The normalized spacial score (nSPS) is 13.8. The summed E-state index contributed by atoms with van der Waals surface area (Å²) in [5.41, 5.74) is 9.46. The molecule has 1 fully saturated rings. The molecule has 8 aromatic rings. The fraction of sp³-hybridized carbons (Fsp3) is 0.280. The van der Waals surface area contributed by atoms with Crippen molar-refractivity contribution in [3.05, 3.63) is 145 Å². The van der Waals surface area contributed by atoms with E-state index in [-0.39, 0.29) is 25.5 Å². The zero-order valence-corrected chi connectivity index (χ0v) is 38.8. The molecule has 5 aromatic carbocycles. The molecule has 3 heterocycles. The van der Waals surface area contributed by atoms with Gasteiger partial charge in [0.25, 0.3) is 0 Å². The summed E-state index contributed by atoms with van der Waals surface area (Å²) in [5.74, 6) is 9.25. The number of imidazole rings is 1. The predicted octanol–water partition coefficient (Wildman–Crippen LogP) is 13.4. The fourth-order valence-corrected chi connectivity index (χ4v) is 12.5. The van der Waals surface area contributed by atoms with Crippen LogP contribution in [0.25, 0.3) is 59.5 Å². The zero-order valence-electron chi connectivity index (χ0n) is 33.5. The molecule has 0 aliphatic heterocycles. The zero-order chi connectivity index (χ0) is 38.2. The van der Waals surface area contributed by atoms with E-state index in [1.807, 2.05) is 18.2 Å². The van der Waals surface area contributed by atoms with Gasteiger partial charge in [0.2, 0.25) is 0 Å². The van der Waals surface area contributed by atoms with Gasteiger partial charge in [0.1, 0.15) is 0 Å². The Bertz CT molecular complexity index is 2570. The van der Waals surface area contributed by atoms with Gasteiger partial charge in [0, 0.05) is 30.5 Å². The molecule has 1 saturated carbocycles. The van der Waals surface area contributed by atoms with Gasteiger partial charge in [-0.2, -0.15) is 11.3 Å². The number of nitrogens with zero attached hydrogens (tertiary/aromatic N) is 3. The van der Waals surface area contributed by atoms with E-state index < -0.39 is 13.3 Å². The second-order valence-corrected chi connectivity index (χ2v) is 28.9. The number of hydrogen-bond acceptors (Lipinski definition) is 3. The minimum absolute atomic E-state index is 0. The molecule has 1 aliphatic carbocycles. The van der Waals surface area contributed by atoms with Gasteiger partial charge in [0.15, 0.2) is 0 Å². The Morgan fingerprint density at radius 3 is 2.25 bits per heavy atom. The van der Waals surface area contributed by atoms with E-state index >= 15 is 0 Å². The maximum Gasteiger partial charge on any atom is 0 e. The van der Waals surface area contributed by atoms with E-state index in [9.17, 15) is 0 Å². The van der Waals surface area contributed by atoms with E-state index in [4.69, 9.17) is 9.97 Å². The largest absolute Gasteiger partial charge is 0 e. The van der Waals surface area contributed by atoms with Crippen LogP contribution in [0.1, 0.15) is 64.0 Å². The fourth-order valence-electron chi connectivity index (χ4n) is 8.11. The molecule has 0 bridgehead atoms. The molecule has 0 saturated heterocycles. The van der Waals surface area contributed by atoms with Crippen molar-refractivity contribution in [2.75, 3.05) is 0 Å². The first-order valence-corrected chi connectivity index (χ1v) is 28.1. The number of fused-ring (bicyclic) bond motifs is 4. The molecule has 1 aliphatic rings. The van der Waals surface area contributed by atoms with Crippen LogP contribution in [-0.4, -0.2) is 27.8 Å². The monoisotopic (exact) mass is 992 g/mol. The summed E-state index contributed by atoms with van der Waals surface area (Å²) >= 11 is -0.0955. The van der Waals surface area contributed by atoms with Crippen molar-refractivity contribution < 1.29 is 20.1 Å². The molecule has 56 heavy (non-hydrogen) atoms. The maximum atomic E-state index is 5.03. The first-order valence-electron chi connectivity index (χ1n) is 19.9. The molecule has 1 radical (unpaired) electrons. The molecule has 3 aromatic heterocycles. The maximum absolute atomic E-state index is 5.03. The quantitative estimate of drug-likeness (QED) is 0.123. The van der Waals surface area contributed by atoms with Crippen LogP contribution in [0, 0.1) is 18.1 Å². The minimum Gasteiger partial charge on any atom is 0 e. The molecule has 6 heteroatoms. The van der Waals surface area contributed by atoms with E-state index in [0.717, 1.165) is 45.3 Å². The summed E-state index contributed by atoms with van der Waals surface area (Å²) < 4.78 is 6.31. The molecule has 0 atom stereocenters. The number of benzene rings is 5. The Labute approximate surface area is 353 Å². The molecule has 9 rings (SSSR count). The molecular formula is C50H51GeIrN3S-2. The van der Waals surface area contributed by atoms with Crippen LogP contribution in [0.15, 0.2) is 121 Å². The van der Waals surface area contributed by atoms with Crippen LogP contribution >= 0.6 is 11.3 Å². The smallest absolute Gasteiger partial charge is 0 e. The third kappa shape index (κ3) is 8.67. The predicted molar refractivity (Wildman–Crippen MR) is 239 cm³/mol. The number of thiophene rings is 1. The average Bonchev–Trinajstić information content (AvgIpc) is 3.77. The van der Waals surface area contributed by atoms with Crippen molar-refractivity contribution in [3.8, 4) is 28.3 Å². The van der Waals surface area contributed by atoms with Gasteiger partial charge in [0.05, 0.1) is 16.9 Å². The van der Waals surface area contributed by atoms with E-state index in [2.05, 4.69) is 158 Å². The van der Waals surface area contributed by atoms with E-state index in [1.165, 1.54) is 64.3 Å². The SMILES string of the molecule is CC(C)(C)c1ccc(-n2c(-c3[c-]c4sc5ccccc5c4cc3)nc3ccccc32)cc1.[CH3][Ge]([CH3])([CH3])[c]1cnc(-c2[c-]cccc2)cc1CC1CCCCC1.[Ir]. The number of para-hydroxylation sites is 2. The van der Waals surface area contributed by atoms with Crippen molar-refractivity contribution in [2.24, 2.45) is 5.92 Å². The number of hydrogen-bond donors (Lipinski definition) is 0. The van der Waals surface area contributed by atoms with Gasteiger partial charge in [-0.15, -0.1) is 23.8 Å². The number of rotatable bonds is 6. The van der Waals surface area contributed by atoms with Crippen molar-refractivity contribution in [1.29, 1.82) is 0 Å². The first kappa shape index (κ1) is 40.3. The Kier molecular flexibility index (Phi) is 12.2. The molecule has 0 amide bonds. The van der Waals surface area contributed by atoms with Gasteiger partial charge < -0.3 is 4.57 Å². The van der Waals surface area contributed by atoms with Crippen LogP contribution in [-0.2, 0) is 31.9 Å². The molecule has 287 valence electrons. The Balaban J connectivity index is 0.000000178. The molecule has 3 nitrogen and oxygen atoms in total. The van der Waals surface area contributed by atoms with Crippen LogP contribution in [0.2, 0.25) is 17.3 Å². The summed E-state index contributed by atoms with van der Waals surface area (Å²) in [7, 11) is 0. The van der Waals surface area contributed by atoms with Gasteiger partial charge in [-0.05, 0) is 51.4 Å². The Morgan fingerprint density at radius 1 is 0.786 bits per heavy atom. The first-order chi connectivity index (χ1) is 26.5. The number of aromatic nitrogens is 3. The summed E-state index contributed by atoms with van der Waals surface area (Å²) in [4.78, 5) is 9.81. The van der Waals surface area contributed by atoms with Crippen LogP contribution in [0.4, 0.5) is 0 Å². The van der Waals surface area contributed by atoms with Crippen molar-refractivity contribution in [2.45, 2.75) is 82.0 Å². The topological polar surface area (TPSA) is 30.7 Å². The van der Waals surface area contributed by atoms with Gasteiger partial charge in [-0.3, -0.25) is 4.98 Å². The van der Waals surface area contributed by atoms with Gasteiger partial charge in [-0.25, -0.2) is 0 Å². The molecular weight excluding hydrogens is 939 g/mol.